The number of hydrogen-bond acceptors (Lipinski definition) is 5. The lowest BCUT2D eigenvalue weighted by atomic mass is 9.95. The molecule has 0 aliphatic carbocycles. The van der Waals surface area contributed by atoms with Crippen LogP contribution in [0.15, 0.2) is 84.6 Å². The molecule has 3 aromatic carbocycles. The summed E-state index contributed by atoms with van der Waals surface area (Å²) in [6.45, 7) is 2.56. The standard InChI is InChI=1S/C29H26N2O5/c1-3-36-20-14-12-18(13-15-20)26-25(27(32)22-16-30-23-10-6-5-9-21(22)23)28(33)29(34)31(26)17-19-8-4-7-11-24(19)35-2/h4-16,26,30,32H,3,17H2,1-2H3/b27-25-. The van der Waals surface area contributed by atoms with E-state index in [1.807, 2.05) is 67.6 Å². The number of hydrogen-bond donors (Lipinski definition) is 2. The maximum Gasteiger partial charge on any atom is 0.295 e. The molecule has 0 bridgehead atoms. The fourth-order valence-electron chi connectivity index (χ4n) is 4.73. The molecule has 1 amide bonds. The summed E-state index contributed by atoms with van der Waals surface area (Å²) in [5, 5.41) is 12.2. The molecule has 1 saturated heterocycles. The number of fused-ring (bicyclic) bond motifs is 1. The lowest BCUT2D eigenvalue weighted by Crippen LogP contribution is -2.29. The number of aliphatic hydroxyl groups is 1. The Morgan fingerprint density at radius 2 is 1.72 bits per heavy atom. The van der Waals surface area contributed by atoms with Crippen LogP contribution in [0.2, 0.25) is 0 Å². The SMILES string of the molecule is CCOc1ccc(C2/C(=C(/O)c3c[nH]c4ccccc34)C(=O)C(=O)N2Cc2ccccc2OC)cc1. The second kappa shape index (κ2) is 9.62. The van der Waals surface area contributed by atoms with E-state index in [-0.39, 0.29) is 17.9 Å². The molecule has 7 nitrogen and oxygen atoms in total. The van der Waals surface area contributed by atoms with Crippen molar-refractivity contribution in [2.45, 2.75) is 19.5 Å². The molecular weight excluding hydrogens is 456 g/mol. The third-order valence-electron chi connectivity index (χ3n) is 6.42. The van der Waals surface area contributed by atoms with Crippen LogP contribution in [0.1, 0.15) is 29.7 Å². The highest BCUT2D eigenvalue weighted by Gasteiger charge is 2.46. The Bertz CT molecular complexity index is 1470. The first kappa shape index (κ1) is 23.2. The van der Waals surface area contributed by atoms with Gasteiger partial charge in [-0.15, -0.1) is 0 Å². The zero-order valence-corrected chi connectivity index (χ0v) is 20.0. The Labute approximate surface area is 208 Å². The molecular formula is C29H26N2O5. The lowest BCUT2D eigenvalue weighted by molar-refractivity contribution is -0.140. The van der Waals surface area contributed by atoms with Crippen molar-refractivity contribution >= 4 is 28.4 Å². The highest BCUT2D eigenvalue weighted by molar-refractivity contribution is 6.46. The molecule has 4 aromatic rings. The summed E-state index contributed by atoms with van der Waals surface area (Å²) in [6.07, 6.45) is 1.66. The molecule has 36 heavy (non-hydrogen) atoms. The summed E-state index contributed by atoms with van der Waals surface area (Å²) in [4.78, 5) is 31.4. The van der Waals surface area contributed by atoms with Crippen LogP contribution in [0, 0.1) is 0 Å². The molecule has 5 rings (SSSR count). The van der Waals surface area contributed by atoms with Gasteiger partial charge in [-0.2, -0.15) is 0 Å². The predicted molar refractivity (Wildman–Crippen MR) is 137 cm³/mol. The second-order valence-electron chi connectivity index (χ2n) is 8.49. The zero-order chi connectivity index (χ0) is 25.2. The topological polar surface area (TPSA) is 91.9 Å². The lowest BCUT2D eigenvalue weighted by Gasteiger charge is -2.26. The van der Waals surface area contributed by atoms with Gasteiger partial charge in [-0.05, 0) is 36.8 Å². The molecule has 1 aliphatic heterocycles. The Morgan fingerprint density at radius 1 is 1.00 bits per heavy atom. The molecule has 1 atom stereocenters. The van der Waals surface area contributed by atoms with Crippen molar-refractivity contribution in [3.63, 3.8) is 0 Å². The van der Waals surface area contributed by atoms with Crippen LogP contribution in [0.5, 0.6) is 11.5 Å². The number of Topliss-reactive ketones (excluding diaryl/α,β-unsaturated/α-hetero) is 1. The van der Waals surface area contributed by atoms with Crippen LogP contribution in [-0.4, -0.2) is 40.4 Å². The van der Waals surface area contributed by atoms with Gasteiger partial charge in [0, 0.05) is 28.2 Å². The third kappa shape index (κ3) is 3.98. The first-order valence-corrected chi connectivity index (χ1v) is 11.7. The average Bonchev–Trinajstić information content (AvgIpc) is 3.44. The van der Waals surface area contributed by atoms with Crippen LogP contribution in [-0.2, 0) is 16.1 Å². The summed E-state index contributed by atoms with van der Waals surface area (Å²) in [6, 6.07) is 21.3. The van der Waals surface area contributed by atoms with Crippen molar-refractivity contribution < 1.29 is 24.2 Å². The number of aromatic amines is 1. The van der Waals surface area contributed by atoms with E-state index in [0.717, 1.165) is 16.5 Å². The van der Waals surface area contributed by atoms with Crippen molar-refractivity contribution in [2.24, 2.45) is 0 Å². The van der Waals surface area contributed by atoms with Gasteiger partial charge in [-0.25, -0.2) is 0 Å². The number of nitrogens with zero attached hydrogens (tertiary/aromatic N) is 1. The van der Waals surface area contributed by atoms with E-state index < -0.39 is 17.7 Å². The molecule has 2 N–H and O–H groups in total. The number of carbonyl (C=O) groups is 2. The summed E-state index contributed by atoms with van der Waals surface area (Å²) in [7, 11) is 1.56. The van der Waals surface area contributed by atoms with Gasteiger partial charge in [0.05, 0.1) is 31.9 Å². The van der Waals surface area contributed by atoms with Gasteiger partial charge in [0.1, 0.15) is 17.3 Å². The number of amides is 1. The van der Waals surface area contributed by atoms with Gasteiger partial charge in [0.25, 0.3) is 11.7 Å². The minimum Gasteiger partial charge on any atom is -0.507 e. The Hall–Kier alpha value is -4.52. The van der Waals surface area contributed by atoms with Crippen LogP contribution in [0.25, 0.3) is 16.7 Å². The number of likely N-dealkylation sites (tertiary alicyclic amines) is 1. The molecule has 2 heterocycles. The highest BCUT2D eigenvalue weighted by atomic mass is 16.5. The highest BCUT2D eigenvalue weighted by Crippen LogP contribution is 2.42. The monoisotopic (exact) mass is 482 g/mol. The molecule has 0 saturated carbocycles. The number of benzene rings is 3. The molecule has 0 spiro atoms. The fraction of sp³-hybridized carbons (Fsp3) is 0.172. The number of nitrogens with one attached hydrogen (secondary N) is 1. The Kier molecular flexibility index (Phi) is 6.21. The van der Waals surface area contributed by atoms with Crippen molar-refractivity contribution in [2.75, 3.05) is 13.7 Å². The Balaban J connectivity index is 1.66. The molecule has 7 heteroatoms. The van der Waals surface area contributed by atoms with Gasteiger partial charge in [0.15, 0.2) is 0 Å². The molecule has 1 aliphatic rings. The van der Waals surface area contributed by atoms with E-state index in [4.69, 9.17) is 9.47 Å². The number of H-pyrrole nitrogens is 1. The number of ketones is 1. The minimum absolute atomic E-state index is 0.0452. The first-order chi connectivity index (χ1) is 17.5. The third-order valence-corrected chi connectivity index (χ3v) is 6.42. The second-order valence-corrected chi connectivity index (χ2v) is 8.49. The molecule has 1 fully saturated rings. The molecule has 0 radical (unpaired) electrons. The van der Waals surface area contributed by atoms with Crippen molar-refractivity contribution in [1.29, 1.82) is 0 Å². The number of methoxy groups -OCH3 is 1. The largest absolute Gasteiger partial charge is 0.507 e. The van der Waals surface area contributed by atoms with Crippen LogP contribution in [0.4, 0.5) is 0 Å². The first-order valence-electron chi connectivity index (χ1n) is 11.7. The van der Waals surface area contributed by atoms with Gasteiger partial charge < -0.3 is 24.5 Å². The van der Waals surface area contributed by atoms with E-state index >= 15 is 0 Å². The van der Waals surface area contributed by atoms with Gasteiger partial charge in [-0.3, -0.25) is 9.59 Å². The maximum atomic E-state index is 13.4. The number of rotatable bonds is 7. The number of aromatic nitrogens is 1. The minimum atomic E-state index is -0.792. The van der Waals surface area contributed by atoms with E-state index in [1.165, 1.54) is 4.90 Å². The summed E-state index contributed by atoms with van der Waals surface area (Å²) < 4.78 is 11.0. The van der Waals surface area contributed by atoms with Crippen LogP contribution >= 0.6 is 0 Å². The van der Waals surface area contributed by atoms with E-state index in [2.05, 4.69) is 4.98 Å². The maximum absolute atomic E-state index is 13.4. The van der Waals surface area contributed by atoms with E-state index in [9.17, 15) is 14.7 Å². The molecule has 182 valence electrons. The normalized spacial score (nSPS) is 17.1. The van der Waals surface area contributed by atoms with Gasteiger partial charge in [0.2, 0.25) is 0 Å². The van der Waals surface area contributed by atoms with E-state index in [0.29, 0.717) is 29.2 Å². The predicted octanol–water partition coefficient (Wildman–Crippen LogP) is 5.20. The van der Waals surface area contributed by atoms with E-state index in [1.54, 1.807) is 25.4 Å². The van der Waals surface area contributed by atoms with Crippen LogP contribution in [0.3, 0.4) is 0 Å². The van der Waals surface area contributed by atoms with Crippen molar-refractivity contribution in [3.05, 3.63) is 101 Å². The fourth-order valence-corrected chi connectivity index (χ4v) is 4.73. The summed E-state index contributed by atoms with van der Waals surface area (Å²) >= 11 is 0. The Morgan fingerprint density at radius 3 is 2.47 bits per heavy atom. The molecule has 1 unspecified atom stereocenters. The van der Waals surface area contributed by atoms with Crippen molar-refractivity contribution in [1.82, 2.24) is 9.88 Å². The van der Waals surface area contributed by atoms with Crippen LogP contribution < -0.4 is 9.47 Å². The quantitative estimate of drug-likeness (QED) is 0.215. The zero-order valence-electron chi connectivity index (χ0n) is 20.0. The number of para-hydroxylation sites is 2. The van der Waals surface area contributed by atoms with Gasteiger partial charge >= 0.3 is 0 Å². The number of aliphatic hydroxyl groups excluding tert-OH is 1. The number of carbonyl (C=O) groups excluding carboxylic acids is 2. The summed E-state index contributed by atoms with van der Waals surface area (Å²) in [5.41, 5.74) is 2.78. The van der Waals surface area contributed by atoms with Crippen molar-refractivity contribution in [3.8, 4) is 11.5 Å². The number of ether oxygens (including phenoxy) is 2. The van der Waals surface area contributed by atoms with Gasteiger partial charge in [-0.1, -0.05) is 48.5 Å². The molecule has 1 aromatic heterocycles. The average molecular weight is 483 g/mol. The summed E-state index contributed by atoms with van der Waals surface area (Å²) in [5.74, 6) is -0.332. The smallest absolute Gasteiger partial charge is 0.295 e.